The second kappa shape index (κ2) is 10.2. The van der Waals surface area contributed by atoms with Crippen molar-refractivity contribution in [1.82, 2.24) is 19.4 Å². The lowest BCUT2D eigenvalue weighted by Gasteiger charge is -2.35. The van der Waals surface area contributed by atoms with E-state index >= 15 is 0 Å². The summed E-state index contributed by atoms with van der Waals surface area (Å²) in [5, 5.41) is 3.01. The second-order valence-electron chi connectivity index (χ2n) is 10.7. The molecule has 0 aliphatic carbocycles. The van der Waals surface area contributed by atoms with Crippen molar-refractivity contribution >= 4 is 34.4 Å². The number of benzene rings is 1. The largest absolute Gasteiger partial charge is 0.444 e. The summed E-state index contributed by atoms with van der Waals surface area (Å²) in [5.41, 5.74) is 2.70. The fourth-order valence-corrected chi connectivity index (χ4v) is 4.69. The Morgan fingerprint density at radius 2 is 2.03 bits per heavy atom. The Kier molecular flexibility index (Phi) is 7.16. The zero-order chi connectivity index (χ0) is 26.9. The van der Waals surface area contributed by atoms with E-state index in [-0.39, 0.29) is 18.3 Å². The maximum Gasteiger partial charge on any atom is 0.407 e. The molecule has 0 unspecified atom stereocenters. The summed E-state index contributed by atoms with van der Waals surface area (Å²) in [7, 11) is 5.56. The molecule has 1 amide bonds. The quantitative estimate of drug-likeness (QED) is 0.529. The Morgan fingerprint density at radius 3 is 2.70 bits per heavy atom. The first-order valence-corrected chi connectivity index (χ1v) is 12.5. The molecule has 1 saturated heterocycles. The second-order valence-corrected chi connectivity index (χ2v) is 10.7. The van der Waals surface area contributed by atoms with Gasteiger partial charge in [-0.15, -0.1) is 0 Å². The molecule has 196 valence electrons. The zero-order valence-electron chi connectivity index (χ0n) is 22.4. The summed E-state index contributed by atoms with van der Waals surface area (Å²) >= 11 is 0. The van der Waals surface area contributed by atoms with Crippen molar-refractivity contribution in [3.05, 3.63) is 57.8 Å². The molecule has 1 N–H and O–H groups in total. The van der Waals surface area contributed by atoms with Crippen molar-refractivity contribution in [2.75, 3.05) is 37.0 Å². The number of nitrogens with zero attached hydrogens (tertiary/aromatic N) is 6. The van der Waals surface area contributed by atoms with E-state index in [1.807, 2.05) is 64.0 Å². The number of fused-ring (bicyclic) bond motifs is 1. The van der Waals surface area contributed by atoms with Gasteiger partial charge in [0.15, 0.2) is 11.3 Å². The number of rotatable bonds is 5. The first-order valence-electron chi connectivity index (χ1n) is 12.5. The summed E-state index contributed by atoms with van der Waals surface area (Å²) in [6.45, 7) is 14.7. The Hall–Kier alpha value is -4.00. The SMILES string of the molecule is [C-]#[N+]c1ccccc1Cn1c(=O)n(C)c2nc(N(C)C)cc(N3CCC[C@@H](NC(=O)OC(C)(C)C)C3)c21. The number of aromatic nitrogens is 3. The number of hydrogen-bond donors (Lipinski definition) is 1. The first-order chi connectivity index (χ1) is 17.5. The number of imidazole rings is 1. The summed E-state index contributed by atoms with van der Waals surface area (Å²) in [6, 6.07) is 9.24. The molecule has 1 atom stereocenters. The van der Waals surface area contributed by atoms with Crippen LogP contribution in [0.2, 0.25) is 0 Å². The highest BCUT2D eigenvalue weighted by Crippen LogP contribution is 2.32. The Labute approximate surface area is 217 Å². The molecule has 37 heavy (non-hydrogen) atoms. The predicted octanol–water partition coefficient (Wildman–Crippen LogP) is 3.89. The number of para-hydroxylation sites is 1. The van der Waals surface area contributed by atoms with Gasteiger partial charge in [-0.2, -0.15) is 0 Å². The lowest BCUT2D eigenvalue weighted by atomic mass is 10.0. The van der Waals surface area contributed by atoms with Gasteiger partial charge in [0.05, 0.1) is 12.3 Å². The lowest BCUT2D eigenvalue weighted by Crippen LogP contribution is -2.49. The fraction of sp³-hybridized carbons (Fsp3) is 0.481. The third kappa shape index (κ3) is 5.56. The molecule has 3 heterocycles. The monoisotopic (exact) mass is 505 g/mol. The lowest BCUT2D eigenvalue weighted by molar-refractivity contribution is 0.0500. The average molecular weight is 506 g/mol. The van der Waals surface area contributed by atoms with Gasteiger partial charge in [0, 0.05) is 52.9 Å². The maximum absolute atomic E-state index is 13.5. The van der Waals surface area contributed by atoms with Crippen LogP contribution in [0.15, 0.2) is 35.1 Å². The van der Waals surface area contributed by atoms with Crippen LogP contribution in [-0.2, 0) is 18.3 Å². The van der Waals surface area contributed by atoms with Gasteiger partial charge in [0.25, 0.3) is 0 Å². The minimum absolute atomic E-state index is 0.0960. The van der Waals surface area contributed by atoms with Gasteiger partial charge in [-0.25, -0.2) is 19.4 Å². The molecule has 0 radical (unpaired) electrons. The smallest absolute Gasteiger partial charge is 0.407 e. The van der Waals surface area contributed by atoms with E-state index < -0.39 is 11.7 Å². The third-order valence-corrected chi connectivity index (χ3v) is 6.43. The number of pyridine rings is 1. The average Bonchev–Trinajstić information content (AvgIpc) is 3.07. The molecule has 1 aromatic carbocycles. The number of alkyl carbamates (subject to hydrolysis) is 1. The number of nitrogens with one attached hydrogen (secondary N) is 1. The number of carbonyl (C=O) groups is 1. The molecular weight excluding hydrogens is 470 g/mol. The van der Waals surface area contributed by atoms with E-state index in [4.69, 9.17) is 16.3 Å². The van der Waals surface area contributed by atoms with Crippen LogP contribution in [0, 0.1) is 6.57 Å². The van der Waals surface area contributed by atoms with E-state index in [2.05, 4.69) is 15.1 Å². The number of anilines is 2. The van der Waals surface area contributed by atoms with Crippen molar-refractivity contribution in [2.45, 2.75) is 51.8 Å². The summed E-state index contributed by atoms with van der Waals surface area (Å²) in [4.78, 5) is 38.5. The number of hydrogen-bond acceptors (Lipinski definition) is 6. The molecule has 1 fully saturated rings. The van der Waals surface area contributed by atoms with Crippen molar-refractivity contribution < 1.29 is 9.53 Å². The number of ether oxygens (including phenoxy) is 1. The van der Waals surface area contributed by atoms with Crippen LogP contribution in [0.4, 0.5) is 22.0 Å². The van der Waals surface area contributed by atoms with E-state index in [1.54, 1.807) is 22.2 Å². The van der Waals surface area contributed by atoms with Gasteiger partial charge in [-0.1, -0.05) is 24.3 Å². The van der Waals surface area contributed by atoms with Gasteiger partial charge in [-0.05, 0) is 39.2 Å². The van der Waals surface area contributed by atoms with E-state index in [0.29, 0.717) is 17.9 Å². The van der Waals surface area contributed by atoms with Gasteiger partial charge < -0.3 is 19.9 Å². The van der Waals surface area contributed by atoms with Crippen LogP contribution >= 0.6 is 0 Å². The van der Waals surface area contributed by atoms with Gasteiger partial charge in [0.1, 0.15) is 16.9 Å². The number of amides is 1. The highest BCUT2D eigenvalue weighted by molar-refractivity contribution is 5.89. The Morgan fingerprint density at radius 1 is 1.30 bits per heavy atom. The van der Waals surface area contributed by atoms with Gasteiger partial charge >= 0.3 is 11.8 Å². The fourth-order valence-electron chi connectivity index (χ4n) is 4.69. The summed E-state index contributed by atoms with van der Waals surface area (Å²) < 4.78 is 8.73. The van der Waals surface area contributed by atoms with Crippen LogP contribution in [0.3, 0.4) is 0 Å². The zero-order valence-corrected chi connectivity index (χ0v) is 22.4. The number of aryl methyl sites for hydroxylation is 1. The molecule has 4 rings (SSSR count). The molecule has 0 bridgehead atoms. The van der Waals surface area contributed by atoms with Crippen molar-refractivity contribution in [1.29, 1.82) is 0 Å². The molecule has 3 aromatic rings. The minimum atomic E-state index is -0.571. The standard InChI is InChI=1S/C27H35N7O3/c1-27(2,3)37-25(35)29-19-12-10-14-33(17-19)21-15-22(31(5)6)30-24-23(21)34(26(36)32(24)7)16-18-11-8-9-13-20(18)28-4/h8-9,11,13,15,19H,10,12,14,16-17H2,1-3,5-7H3,(H,29,35)/t19-/m1/s1. The van der Waals surface area contributed by atoms with E-state index in [1.165, 1.54) is 0 Å². The molecule has 1 aliphatic heterocycles. The van der Waals surface area contributed by atoms with Crippen molar-refractivity contribution in [2.24, 2.45) is 7.05 Å². The first kappa shape index (κ1) is 26.1. The minimum Gasteiger partial charge on any atom is -0.444 e. The van der Waals surface area contributed by atoms with Crippen LogP contribution in [0.5, 0.6) is 0 Å². The van der Waals surface area contributed by atoms with E-state index in [9.17, 15) is 9.59 Å². The normalized spacial score (nSPS) is 15.9. The molecule has 10 heteroatoms. The molecular formula is C27H35N7O3. The van der Waals surface area contributed by atoms with Crippen LogP contribution < -0.4 is 20.8 Å². The third-order valence-electron chi connectivity index (χ3n) is 6.43. The maximum atomic E-state index is 13.5. The van der Waals surface area contributed by atoms with Crippen molar-refractivity contribution in [3.8, 4) is 0 Å². The molecule has 10 nitrogen and oxygen atoms in total. The summed E-state index contributed by atoms with van der Waals surface area (Å²) in [6.07, 6.45) is 1.28. The topological polar surface area (TPSA) is 89.0 Å². The van der Waals surface area contributed by atoms with Crippen molar-refractivity contribution in [3.63, 3.8) is 0 Å². The molecule has 0 saturated carbocycles. The van der Waals surface area contributed by atoms with Gasteiger partial charge in [0.2, 0.25) is 0 Å². The van der Waals surface area contributed by atoms with Crippen LogP contribution in [-0.4, -0.2) is 59.0 Å². The highest BCUT2D eigenvalue weighted by atomic mass is 16.6. The molecule has 1 aliphatic rings. The Balaban J connectivity index is 1.78. The molecule has 0 spiro atoms. The van der Waals surface area contributed by atoms with Crippen LogP contribution in [0.25, 0.3) is 16.0 Å². The highest BCUT2D eigenvalue weighted by Gasteiger charge is 2.28. The van der Waals surface area contributed by atoms with Gasteiger partial charge in [-0.3, -0.25) is 9.13 Å². The number of carbonyl (C=O) groups excluding carboxylic acids is 1. The van der Waals surface area contributed by atoms with Crippen LogP contribution in [0.1, 0.15) is 39.2 Å². The number of piperidine rings is 1. The Bertz CT molecular complexity index is 1410. The van der Waals surface area contributed by atoms with E-state index in [0.717, 1.165) is 42.0 Å². The summed E-state index contributed by atoms with van der Waals surface area (Å²) in [5.74, 6) is 0.735. The predicted molar refractivity (Wildman–Crippen MR) is 146 cm³/mol. The molecule has 2 aromatic heterocycles.